The van der Waals surface area contributed by atoms with Crippen molar-refractivity contribution >= 4 is 28.6 Å². The number of carbonyl (C=O) groups is 1. The molecule has 45 heavy (non-hydrogen) atoms. The Morgan fingerprint density at radius 3 is 2.44 bits per heavy atom. The number of benzene rings is 3. The second-order valence-corrected chi connectivity index (χ2v) is 12.6. The number of rotatable bonds is 10. The molecular formula is C35H36ClF3N4O2. The zero-order chi connectivity index (χ0) is 32.1. The summed E-state index contributed by atoms with van der Waals surface area (Å²) in [5.41, 5.74) is 3.89. The van der Waals surface area contributed by atoms with Crippen molar-refractivity contribution in [3.63, 3.8) is 0 Å². The predicted octanol–water partition coefficient (Wildman–Crippen LogP) is 8.88. The average molecular weight is 637 g/mol. The molecular weight excluding hydrogens is 601 g/mol. The molecule has 0 unspecified atom stereocenters. The largest absolute Gasteiger partial charge is 0.436 e. The van der Waals surface area contributed by atoms with Crippen LogP contribution in [0.4, 0.5) is 13.2 Å². The summed E-state index contributed by atoms with van der Waals surface area (Å²) < 4.78 is 45.2. The Labute approximate surface area is 266 Å². The number of nitrogens with zero attached hydrogens (tertiary/aromatic N) is 2. The number of alkyl halides is 3. The topological polar surface area (TPSA) is 91.0 Å². The fraction of sp³-hybridized carbons (Fsp3) is 0.400. The summed E-state index contributed by atoms with van der Waals surface area (Å²) in [6.07, 6.45) is 0.709. The minimum atomic E-state index is -4.42. The van der Waals surface area contributed by atoms with Crippen LogP contribution in [0.15, 0.2) is 59.0 Å². The van der Waals surface area contributed by atoms with Gasteiger partial charge in [0.1, 0.15) is 5.52 Å². The van der Waals surface area contributed by atoms with Crippen LogP contribution in [0.2, 0.25) is 5.02 Å². The standard InChI is InChI=1S/C35H36ClF3N4O2/c1-21(2)30-15-24(18-40)16-31-32(30)45-34(43-31)27-9-7-26(8-10-27)33(44)42-20-23-5-3-22(4-6-23)11-12-41-19-25-13-28(35(37,38)39)17-29(36)14-25/h7-10,13-17,21-23,41H,3-6,11-12,19-20H2,1-2H3,(H,42,44). The lowest BCUT2D eigenvalue weighted by molar-refractivity contribution is -0.137. The minimum Gasteiger partial charge on any atom is -0.436 e. The molecule has 1 fully saturated rings. The van der Waals surface area contributed by atoms with Crippen LogP contribution in [-0.4, -0.2) is 24.0 Å². The Balaban J connectivity index is 1.05. The Morgan fingerprint density at radius 1 is 1.07 bits per heavy atom. The molecule has 10 heteroatoms. The van der Waals surface area contributed by atoms with Crippen LogP contribution >= 0.6 is 11.6 Å². The summed E-state index contributed by atoms with van der Waals surface area (Å²) in [7, 11) is 0. The van der Waals surface area contributed by atoms with Crippen molar-refractivity contribution in [3.8, 4) is 17.5 Å². The lowest BCUT2D eigenvalue weighted by Crippen LogP contribution is -2.31. The summed E-state index contributed by atoms with van der Waals surface area (Å²) in [4.78, 5) is 17.5. The zero-order valence-corrected chi connectivity index (χ0v) is 26.1. The highest BCUT2D eigenvalue weighted by molar-refractivity contribution is 6.30. The molecule has 1 aliphatic carbocycles. The molecule has 236 valence electrons. The molecule has 0 radical (unpaired) electrons. The Morgan fingerprint density at radius 2 is 1.78 bits per heavy atom. The molecule has 1 saturated carbocycles. The SMILES string of the molecule is CC(C)c1cc(C#N)cc2nc(-c3ccc(C(=O)NCC4CCC(CCNCc5cc(Cl)cc(C(F)(F)F)c5)CC4)cc3)oc12. The molecule has 5 rings (SSSR count). The molecule has 1 aromatic heterocycles. The molecule has 0 saturated heterocycles. The average Bonchev–Trinajstić information content (AvgIpc) is 3.45. The number of aromatic nitrogens is 1. The molecule has 0 aliphatic heterocycles. The Hall–Kier alpha value is -3.87. The van der Waals surface area contributed by atoms with Gasteiger partial charge in [-0.15, -0.1) is 0 Å². The minimum absolute atomic E-state index is 0.0841. The molecule has 4 aromatic rings. The van der Waals surface area contributed by atoms with Gasteiger partial charge in [-0.25, -0.2) is 4.98 Å². The van der Waals surface area contributed by atoms with Gasteiger partial charge in [0.05, 0.1) is 17.2 Å². The van der Waals surface area contributed by atoms with Crippen LogP contribution in [0.1, 0.15) is 84.5 Å². The molecule has 1 heterocycles. The van der Waals surface area contributed by atoms with Gasteiger partial charge in [-0.2, -0.15) is 18.4 Å². The van der Waals surface area contributed by atoms with Gasteiger partial charge in [0.15, 0.2) is 5.58 Å². The van der Waals surface area contributed by atoms with Crippen LogP contribution in [0, 0.1) is 23.2 Å². The number of nitrogens with one attached hydrogen (secondary N) is 2. The summed E-state index contributed by atoms with van der Waals surface area (Å²) in [6.45, 7) is 5.76. The smallest absolute Gasteiger partial charge is 0.416 e. The number of hydrogen-bond donors (Lipinski definition) is 2. The van der Waals surface area contributed by atoms with E-state index in [0.717, 1.165) is 61.9 Å². The molecule has 0 bridgehead atoms. The van der Waals surface area contributed by atoms with Crippen LogP contribution in [0.3, 0.4) is 0 Å². The molecule has 6 nitrogen and oxygen atoms in total. The molecule has 2 N–H and O–H groups in total. The number of amides is 1. The first kappa shape index (κ1) is 32.5. The first-order valence-corrected chi connectivity index (χ1v) is 15.7. The highest BCUT2D eigenvalue weighted by Crippen LogP contribution is 2.34. The lowest BCUT2D eigenvalue weighted by atomic mass is 9.80. The predicted molar refractivity (Wildman–Crippen MR) is 169 cm³/mol. The lowest BCUT2D eigenvalue weighted by Gasteiger charge is -2.28. The maximum absolute atomic E-state index is 13.0. The normalized spacial score (nSPS) is 17.0. The number of carbonyl (C=O) groups excluding carboxylic acids is 1. The molecule has 0 atom stereocenters. The third-order valence-corrected chi connectivity index (χ3v) is 8.74. The fourth-order valence-electron chi connectivity index (χ4n) is 5.96. The number of fused-ring (bicyclic) bond motifs is 1. The third kappa shape index (κ3) is 8.24. The van der Waals surface area contributed by atoms with Gasteiger partial charge in [-0.1, -0.05) is 38.3 Å². The van der Waals surface area contributed by atoms with Crippen molar-refractivity contribution in [2.75, 3.05) is 13.1 Å². The fourth-order valence-corrected chi connectivity index (χ4v) is 6.22. The first-order valence-electron chi connectivity index (χ1n) is 15.3. The van der Waals surface area contributed by atoms with E-state index in [-0.39, 0.29) is 16.8 Å². The van der Waals surface area contributed by atoms with Crippen molar-refractivity contribution in [3.05, 3.63) is 87.4 Å². The first-order chi connectivity index (χ1) is 21.5. The van der Waals surface area contributed by atoms with E-state index >= 15 is 0 Å². The van der Waals surface area contributed by atoms with Crippen LogP contribution < -0.4 is 10.6 Å². The summed E-state index contributed by atoms with van der Waals surface area (Å²) >= 11 is 5.88. The summed E-state index contributed by atoms with van der Waals surface area (Å²) in [6, 6.07) is 16.6. The number of oxazole rings is 1. The highest BCUT2D eigenvalue weighted by Gasteiger charge is 2.31. The van der Waals surface area contributed by atoms with E-state index in [2.05, 4.69) is 21.7 Å². The molecule has 1 amide bonds. The van der Waals surface area contributed by atoms with Crippen molar-refractivity contribution in [2.45, 2.75) is 64.6 Å². The van der Waals surface area contributed by atoms with E-state index in [0.29, 0.717) is 58.6 Å². The second kappa shape index (κ2) is 14.1. The van der Waals surface area contributed by atoms with Crippen LogP contribution in [0.25, 0.3) is 22.6 Å². The van der Waals surface area contributed by atoms with E-state index in [1.807, 2.05) is 32.0 Å². The van der Waals surface area contributed by atoms with Gasteiger partial charge in [0, 0.05) is 34.8 Å². The van der Waals surface area contributed by atoms with E-state index in [1.165, 1.54) is 0 Å². The number of nitriles is 1. The number of hydrogen-bond acceptors (Lipinski definition) is 5. The van der Waals surface area contributed by atoms with Crippen molar-refractivity contribution in [1.29, 1.82) is 5.26 Å². The Kier molecular flexibility index (Phi) is 10.2. The van der Waals surface area contributed by atoms with E-state index in [1.54, 1.807) is 24.3 Å². The monoisotopic (exact) mass is 636 g/mol. The van der Waals surface area contributed by atoms with Crippen molar-refractivity contribution < 1.29 is 22.4 Å². The molecule has 3 aromatic carbocycles. The highest BCUT2D eigenvalue weighted by atomic mass is 35.5. The van der Waals surface area contributed by atoms with E-state index < -0.39 is 11.7 Å². The second-order valence-electron chi connectivity index (χ2n) is 12.2. The summed E-state index contributed by atoms with van der Waals surface area (Å²) in [5, 5.41) is 15.8. The van der Waals surface area contributed by atoms with Crippen molar-refractivity contribution in [1.82, 2.24) is 15.6 Å². The van der Waals surface area contributed by atoms with Gasteiger partial charge >= 0.3 is 6.18 Å². The van der Waals surface area contributed by atoms with E-state index in [4.69, 9.17) is 16.0 Å². The van der Waals surface area contributed by atoms with Crippen LogP contribution in [0.5, 0.6) is 0 Å². The maximum atomic E-state index is 13.0. The Bertz CT molecular complexity index is 1680. The molecule has 1 aliphatic rings. The van der Waals surface area contributed by atoms with Crippen LogP contribution in [-0.2, 0) is 12.7 Å². The van der Waals surface area contributed by atoms with Gasteiger partial charge < -0.3 is 15.1 Å². The zero-order valence-electron chi connectivity index (χ0n) is 25.3. The van der Waals surface area contributed by atoms with Gasteiger partial charge in [-0.3, -0.25) is 4.79 Å². The number of halogens is 4. The van der Waals surface area contributed by atoms with Gasteiger partial charge in [-0.05, 0) is 104 Å². The maximum Gasteiger partial charge on any atom is 0.416 e. The summed E-state index contributed by atoms with van der Waals surface area (Å²) in [5.74, 6) is 1.46. The van der Waals surface area contributed by atoms with Gasteiger partial charge in [0.2, 0.25) is 5.89 Å². The molecule has 0 spiro atoms. The van der Waals surface area contributed by atoms with Crippen molar-refractivity contribution in [2.24, 2.45) is 11.8 Å². The quantitative estimate of drug-likeness (QED) is 0.170. The third-order valence-electron chi connectivity index (χ3n) is 8.52. The van der Waals surface area contributed by atoms with Gasteiger partial charge in [0.25, 0.3) is 5.91 Å². The van der Waals surface area contributed by atoms with E-state index in [9.17, 15) is 23.2 Å².